The highest BCUT2D eigenvalue weighted by molar-refractivity contribution is 7.18. The van der Waals surface area contributed by atoms with Crippen LogP contribution in [-0.2, 0) is 9.53 Å². The van der Waals surface area contributed by atoms with E-state index in [2.05, 4.69) is 10.1 Å². The number of anilines is 1. The summed E-state index contributed by atoms with van der Waals surface area (Å²) in [5, 5.41) is 12.1. The van der Waals surface area contributed by atoms with Crippen molar-refractivity contribution in [2.45, 2.75) is 24.6 Å². The minimum atomic E-state index is -1.10. The summed E-state index contributed by atoms with van der Waals surface area (Å²) >= 11 is 12.9. The van der Waals surface area contributed by atoms with Crippen LogP contribution >= 0.6 is 34.5 Å². The zero-order chi connectivity index (χ0) is 16.0. The van der Waals surface area contributed by atoms with Gasteiger partial charge in [0.05, 0.1) is 18.1 Å². The lowest BCUT2D eigenvalue weighted by Crippen LogP contribution is -2.25. The van der Waals surface area contributed by atoms with Gasteiger partial charge in [0, 0.05) is 0 Å². The predicted octanol–water partition coefficient (Wildman–Crippen LogP) is 3.24. The smallest absolute Gasteiger partial charge is 0.348 e. The van der Waals surface area contributed by atoms with E-state index in [1.165, 1.54) is 7.11 Å². The van der Waals surface area contributed by atoms with E-state index in [9.17, 15) is 14.9 Å². The van der Waals surface area contributed by atoms with Crippen LogP contribution in [0.5, 0.6) is 0 Å². The SMILES string of the molecule is COC(=O)c1sc(NC(=O)[C@@]2(C)CC2(Cl)Cl)c(C#N)c1C. The van der Waals surface area contributed by atoms with Crippen molar-refractivity contribution in [2.75, 3.05) is 12.4 Å². The Bertz CT molecular complexity index is 678. The molecule has 0 radical (unpaired) electrons. The number of hydrogen-bond acceptors (Lipinski definition) is 5. The molecule has 0 unspecified atom stereocenters. The van der Waals surface area contributed by atoms with Crippen molar-refractivity contribution in [1.29, 1.82) is 5.26 Å². The van der Waals surface area contributed by atoms with E-state index in [-0.39, 0.29) is 16.3 Å². The zero-order valence-corrected chi connectivity index (χ0v) is 13.9. The van der Waals surface area contributed by atoms with Crippen LogP contribution in [-0.4, -0.2) is 23.3 Å². The summed E-state index contributed by atoms with van der Waals surface area (Å²) < 4.78 is 3.56. The van der Waals surface area contributed by atoms with E-state index in [1.807, 2.05) is 6.07 Å². The van der Waals surface area contributed by atoms with Crippen molar-refractivity contribution in [2.24, 2.45) is 5.41 Å². The molecule has 8 heteroatoms. The number of ether oxygens (including phenoxy) is 1. The Morgan fingerprint density at radius 3 is 2.48 bits per heavy atom. The molecule has 21 heavy (non-hydrogen) atoms. The summed E-state index contributed by atoms with van der Waals surface area (Å²) in [5.41, 5.74) is -0.173. The molecule has 1 aliphatic carbocycles. The van der Waals surface area contributed by atoms with Crippen LogP contribution in [0.1, 0.15) is 34.1 Å². The number of methoxy groups -OCH3 is 1. The lowest BCUT2D eigenvalue weighted by atomic mass is 10.1. The molecule has 0 spiro atoms. The Balaban J connectivity index is 2.32. The summed E-state index contributed by atoms with van der Waals surface area (Å²) in [6.07, 6.45) is 0.338. The van der Waals surface area contributed by atoms with Crippen LogP contribution < -0.4 is 5.32 Å². The van der Waals surface area contributed by atoms with E-state index in [4.69, 9.17) is 23.2 Å². The van der Waals surface area contributed by atoms with Gasteiger partial charge in [-0.1, -0.05) is 0 Å². The van der Waals surface area contributed by atoms with Gasteiger partial charge in [0.1, 0.15) is 20.3 Å². The molecule has 1 aromatic heterocycles. The number of amides is 1. The lowest BCUT2D eigenvalue weighted by Gasteiger charge is -2.11. The molecule has 1 aromatic rings. The Kier molecular flexibility index (Phi) is 3.96. The number of rotatable bonds is 3. The predicted molar refractivity (Wildman–Crippen MR) is 80.9 cm³/mol. The van der Waals surface area contributed by atoms with Gasteiger partial charge in [0.25, 0.3) is 0 Å². The highest BCUT2D eigenvalue weighted by Gasteiger charge is 2.68. The molecule has 1 fully saturated rings. The number of hydrogen-bond donors (Lipinski definition) is 1. The molecule has 1 saturated carbocycles. The van der Waals surface area contributed by atoms with Crippen LogP contribution in [0.15, 0.2) is 0 Å². The Hall–Kier alpha value is -1.29. The molecule has 112 valence electrons. The largest absolute Gasteiger partial charge is 0.465 e. The van der Waals surface area contributed by atoms with Gasteiger partial charge in [-0.2, -0.15) is 5.26 Å². The first-order valence-corrected chi connectivity index (χ1v) is 7.56. The normalized spacial score (nSPS) is 22.3. The van der Waals surface area contributed by atoms with Gasteiger partial charge < -0.3 is 10.1 Å². The first kappa shape index (κ1) is 16.1. The molecule has 0 bridgehead atoms. The highest BCUT2D eigenvalue weighted by atomic mass is 35.5. The summed E-state index contributed by atoms with van der Waals surface area (Å²) in [4.78, 5) is 24.2. The van der Waals surface area contributed by atoms with Gasteiger partial charge in [0.2, 0.25) is 5.91 Å². The third kappa shape index (κ3) is 2.50. The van der Waals surface area contributed by atoms with Gasteiger partial charge in [-0.15, -0.1) is 34.5 Å². The minimum Gasteiger partial charge on any atom is -0.465 e. The molecule has 1 atom stereocenters. The monoisotopic (exact) mass is 346 g/mol. The molecular weight excluding hydrogens is 335 g/mol. The standard InChI is InChI=1S/C13H12Cl2N2O3S/c1-6-7(4-16)9(21-8(6)10(18)20-3)17-11(19)12(2)5-13(12,14)15/h5H2,1-3H3,(H,17,19)/t12-/m1/s1. The fourth-order valence-corrected chi connectivity index (χ4v) is 3.69. The number of thiophene rings is 1. The van der Waals surface area contributed by atoms with Crippen LogP contribution in [0.25, 0.3) is 0 Å². The number of carbonyl (C=O) groups is 2. The number of nitrogens with zero attached hydrogens (tertiary/aromatic N) is 1. The van der Waals surface area contributed by atoms with Crippen molar-refractivity contribution >= 4 is 51.4 Å². The zero-order valence-electron chi connectivity index (χ0n) is 11.5. The van der Waals surface area contributed by atoms with Gasteiger partial charge in [-0.05, 0) is 25.8 Å². The van der Waals surface area contributed by atoms with Crippen LogP contribution in [0.3, 0.4) is 0 Å². The lowest BCUT2D eigenvalue weighted by molar-refractivity contribution is -0.120. The maximum absolute atomic E-state index is 12.2. The third-order valence-corrected chi connectivity index (χ3v) is 5.90. The maximum atomic E-state index is 12.2. The van der Waals surface area contributed by atoms with E-state index < -0.39 is 15.7 Å². The van der Waals surface area contributed by atoms with E-state index in [1.54, 1.807) is 13.8 Å². The molecule has 1 amide bonds. The van der Waals surface area contributed by atoms with Crippen molar-refractivity contribution in [3.05, 3.63) is 16.0 Å². The number of esters is 1. The topological polar surface area (TPSA) is 79.2 Å². The molecule has 0 saturated heterocycles. The van der Waals surface area contributed by atoms with Crippen molar-refractivity contribution in [3.63, 3.8) is 0 Å². The van der Waals surface area contributed by atoms with Gasteiger partial charge in [0.15, 0.2) is 0 Å². The molecule has 1 N–H and O–H groups in total. The highest BCUT2D eigenvalue weighted by Crippen LogP contribution is 2.64. The fourth-order valence-electron chi connectivity index (χ4n) is 1.91. The molecule has 1 aliphatic rings. The fraction of sp³-hybridized carbons (Fsp3) is 0.462. The second-order valence-corrected chi connectivity index (χ2v) is 7.54. The van der Waals surface area contributed by atoms with Gasteiger partial charge in [-0.25, -0.2) is 4.79 Å². The van der Waals surface area contributed by atoms with E-state index >= 15 is 0 Å². The Morgan fingerprint density at radius 1 is 1.48 bits per heavy atom. The Labute approximate surface area is 135 Å². The van der Waals surface area contributed by atoms with Crippen molar-refractivity contribution in [1.82, 2.24) is 0 Å². The second kappa shape index (κ2) is 5.16. The Morgan fingerprint density at radius 2 is 2.05 bits per heavy atom. The number of halogens is 2. The molecule has 0 aliphatic heterocycles. The van der Waals surface area contributed by atoms with Crippen molar-refractivity contribution in [3.8, 4) is 6.07 Å². The third-order valence-electron chi connectivity index (χ3n) is 3.62. The number of nitriles is 1. The molecule has 5 nitrogen and oxygen atoms in total. The van der Waals surface area contributed by atoms with Gasteiger partial charge in [-0.3, -0.25) is 4.79 Å². The van der Waals surface area contributed by atoms with Crippen LogP contribution in [0, 0.1) is 23.7 Å². The van der Waals surface area contributed by atoms with E-state index in [0.717, 1.165) is 11.3 Å². The summed E-state index contributed by atoms with van der Waals surface area (Å²) in [6.45, 7) is 3.28. The second-order valence-electron chi connectivity index (χ2n) is 5.03. The van der Waals surface area contributed by atoms with Gasteiger partial charge >= 0.3 is 5.97 Å². The minimum absolute atomic E-state index is 0.243. The quantitative estimate of drug-likeness (QED) is 0.672. The number of carbonyl (C=O) groups excluding carboxylic acids is 2. The first-order chi connectivity index (χ1) is 9.67. The van der Waals surface area contributed by atoms with Crippen LogP contribution in [0.4, 0.5) is 5.00 Å². The number of nitrogens with one attached hydrogen (secondary N) is 1. The molecular formula is C13H12Cl2N2O3S. The number of alkyl halides is 2. The average molecular weight is 347 g/mol. The molecule has 2 rings (SSSR count). The summed E-state index contributed by atoms with van der Waals surface area (Å²) in [7, 11) is 1.26. The maximum Gasteiger partial charge on any atom is 0.348 e. The molecule has 1 heterocycles. The molecule has 0 aromatic carbocycles. The summed E-state index contributed by atoms with van der Waals surface area (Å²) in [5.74, 6) is -0.919. The average Bonchev–Trinajstić information content (AvgIpc) is 2.78. The van der Waals surface area contributed by atoms with Crippen molar-refractivity contribution < 1.29 is 14.3 Å². The van der Waals surface area contributed by atoms with E-state index in [0.29, 0.717) is 17.0 Å². The van der Waals surface area contributed by atoms with Crippen LogP contribution in [0.2, 0.25) is 0 Å². The summed E-state index contributed by atoms with van der Waals surface area (Å²) in [6, 6.07) is 1.98. The first-order valence-electron chi connectivity index (χ1n) is 5.99.